The molecule has 244 valence electrons. The molecule has 9 aromatic rings. The fourth-order valence-electron chi connectivity index (χ4n) is 8.01. The Labute approximate surface area is 297 Å². The molecular weight excluding hydrogens is 647 g/mol. The molecule has 2 atom stereocenters. The molecule has 0 radical (unpaired) electrons. The highest BCUT2D eigenvalue weighted by molar-refractivity contribution is 7.25. The van der Waals surface area contributed by atoms with E-state index < -0.39 is 0 Å². The van der Waals surface area contributed by atoms with E-state index in [-0.39, 0.29) is 12.3 Å². The van der Waals surface area contributed by atoms with Crippen molar-refractivity contribution in [2.75, 3.05) is 0 Å². The average molecular weight is 678 g/mol. The van der Waals surface area contributed by atoms with E-state index in [1.54, 1.807) is 0 Å². The van der Waals surface area contributed by atoms with E-state index in [9.17, 15) is 0 Å². The van der Waals surface area contributed by atoms with Gasteiger partial charge in [0.15, 0.2) is 0 Å². The number of aryl methyl sites for hydroxylation is 1. The summed E-state index contributed by atoms with van der Waals surface area (Å²) < 4.78 is 15.7. The van der Waals surface area contributed by atoms with E-state index in [0.29, 0.717) is 0 Å². The molecule has 0 fully saturated rings. The minimum atomic E-state index is -0.208. The summed E-state index contributed by atoms with van der Waals surface area (Å²) in [5.41, 5.74) is 9.40. The normalized spacial score (nSPS) is 17.6. The SMILES string of the molecule is C1=C(C2=NC(c3ccc4c(c3)sc3ccccc34)NC(c3ccccc3)N2)CCc2oc3c(-c4cccc5c4oc4ccccc45)cccc3c21. The standard InChI is InChI=1S/C45H31N3O2S/c1-2-10-26(11-3-1)43-46-44(48-45(47-43)28-20-22-31-30-13-5-7-19-39(30)51-40(31)25-28)27-21-23-38-36(24-27)35-17-9-16-34(42(35)50-38)33-15-8-14-32-29-12-4-6-18-37(29)49-41(32)33/h1-20,22,24-25,43,45,47H,21,23H2,(H,46,48). The molecule has 51 heavy (non-hydrogen) atoms. The molecule has 2 unspecified atom stereocenters. The van der Waals surface area contributed by atoms with Crippen LogP contribution in [-0.2, 0) is 6.42 Å². The van der Waals surface area contributed by atoms with Crippen molar-refractivity contribution in [2.45, 2.75) is 25.2 Å². The molecule has 0 bridgehead atoms. The Bertz CT molecular complexity index is 2890. The lowest BCUT2D eigenvalue weighted by Crippen LogP contribution is -2.45. The van der Waals surface area contributed by atoms with Crippen LogP contribution >= 0.6 is 11.3 Å². The number of thiophene rings is 1. The fraction of sp³-hybridized carbons (Fsp3) is 0.0889. The molecule has 2 aliphatic rings. The van der Waals surface area contributed by atoms with Gasteiger partial charge in [-0.1, -0.05) is 115 Å². The number of benzene rings is 6. The monoisotopic (exact) mass is 677 g/mol. The van der Waals surface area contributed by atoms with Crippen LogP contribution < -0.4 is 10.6 Å². The average Bonchev–Trinajstić information content (AvgIpc) is 3.89. The van der Waals surface area contributed by atoms with E-state index in [1.165, 1.54) is 31.3 Å². The maximum atomic E-state index is 6.72. The molecule has 4 heterocycles. The largest absolute Gasteiger partial charge is 0.460 e. The van der Waals surface area contributed by atoms with Crippen molar-refractivity contribution in [1.29, 1.82) is 0 Å². The minimum absolute atomic E-state index is 0.0962. The minimum Gasteiger partial charge on any atom is -0.460 e. The Hall–Kier alpha value is -5.95. The summed E-state index contributed by atoms with van der Waals surface area (Å²) in [6.07, 6.45) is 3.62. The van der Waals surface area contributed by atoms with E-state index in [1.807, 2.05) is 23.5 Å². The van der Waals surface area contributed by atoms with Crippen molar-refractivity contribution >= 4 is 76.3 Å². The number of rotatable bonds is 4. The number of nitrogens with zero attached hydrogens (tertiary/aromatic N) is 1. The van der Waals surface area contributed by atoms with Gasteiger partial charge in [-0.25, -0.2) is 4.99 Å². The van der Waals surface area contributed by atoms with Gasteiger partial charge in [-0.15, -0.1) is 11.3 Å². The summed E-state index contributed by atoms with van der Waals surface area (Å²) >= 11 is 1.84. The third-order valence-corrected chi connectivity index (χ3v) is 11.6. The lowest BCUT2D eigenvalue weighted by atomic mass is 9.93. The van der Waals surface area contributed by atoms with Gasteiger partial charge in [0.05, 0.1) is 0 Å². The van der Waals surface area contributed by atoms with Crippen LogP contribution in [0.25, 0.3) is 70.3 Å². The first-order valence-electron chi connectivity index (χ1n) is 17.5. The first-order valence-corrected chi connectivity index (χ1v) is 18.3. The number of aliphatic imine (C=N–C) groups is 1. The van der Waals surface area contributed by atoms with Gasteiger partial charge in [-0.3, -0.25) is 5.32 Å². The van der Waals surface area contributed by atoms with Crippen molar-refractivity contribution in [1.82, 2.24) is 10.6 Å². The van der Waals surface area contributed by atoms with Gasteiger partial charge in [0, 0.05) is 59.4 Å². The van der Waals surface area contributed by atoms with Crippen LogP contribution in [0.4, 0.5) is 0 Å². The Morgan fingerprint density at radius 2 is 1.31 bits per heavy atom. The second-order valence-electron chi connectivity index (χ2n) is 13.5. The predicted molar refractivity (Wildman–Crippen MR) is 210 cm³/mol. The second-order valence-corrected chi connectivity index (χ2v) is 14.5. The van der Waals surface area contributed by atoms with Gasteiger partial charge in [-0.05, 0) is 47.4 Å². The van der Waals surface area contributed by atoms with E-state index >= 15 is 0 Å². The zero-order valence-electron chi connectivity index (χ0n) is 27.5. The maximum absolute atomic E-state index is 6.72. The van der Waals surface area contributed by atoms with Crippen molar-refractivity contribution < 1.29 is 8.83 Å². The molecule has 0 amide bonds. The van der Waals surface area contributed by atoms with Crippen LogP contribution in [0.1, 0.15) is 41.2 Å². The first-order chi connectivity index (χ1) is 25.2. The quantitative estimate of drug-likeness (QED) is 0.195. The molecule has 0 spiro atoms. The van der Waals surface area contributed by atoms with E-state index in [0.717, 1.165) is 79.6 Å². The predicted octanol–water partition coefficient (Wildman–Crippen LogP) is 11.7. The molecular formula is C45H31N3O2S. The number of para-hydroxylation sites is 3. The second kappa shape index (κ2) is 11.3. The fourth-order valence-corrected chi connectivity index (χ4v) is 9.16. The molecule has 2 N–H and O–H groups in total. The van der Waals surface area contributed by atoms with Crippen LogP contribution in [0.2, 0.25) is 0 Å². The van der Waals surface area contributed by atoms with Crippen LogP contribution in [0.3, 0.4) is 0 Å². The van der Waals surface area contributed by atoms with Gasteiger partial charge in [-0.2, -0.15) is 0 Å². The van der Waals surface area contributed by atoms with Gasteiger partial charge in [0.2, 0.25) is 0 Å². The lowest BCUT2D eigenvalue weighted by Gasteiger charge is -2.33. The molecule has 0 saturated heterocycles. The van der Waals surface area contributed by atoms with E-state index in [2.05, 4.69) is 138 Å². The number of fused-ring (bicyclic) bond motifs is 9. The highest BCUT2D eigenvalue weighted by Crippen LogP contribution is 2.43. The zero-order valence-corrected chi connectivity index (χ0v) is 28.3. The number of hydrogen-bond acceptors (Lipinski definition) is 6. The molecule has 1 aliphatic heterocycles. The van der Waals surface area contributed by atoms with E-state index in [4.69, 9.17) is 13.8 Å². The third-order valence-electron chi connectivity index (χ3n) is 10.5. The number of hydrogen-bond donors (Lipinski definition) is 2. The molecule has 6 aromatic carbocycles. The molecule has 1 aliphatic carbocycles. The number of nitrogens with one attached hydrogen (secondary N) is 2. The van der Waals surface area contributed by atoms with Gasteiger partial charge >= 0.3 is 0 Å². The summed E-state index contributed by atoms with van der Waals surface area (Å²) in [6.45, 7) is 0. The Morgan fingerprint density at radius 3 is 2.20 bits per heavy atom. The topological polar surface area (TPSA) is 62.7 Å². The van der Waals surface area contributed by atoms with Gasteiger partial charge in [0.25, 0.3) is 0 Å². The third kappa shape index (κ3) is 4.61. The van der Waals surface area contributed by atoms with Crippen molar-refractivity contribution in [3.05, 3.63) is 161 Å². The van der Waals surface area contributed by atoms with Crippen LogP contribution in [-0.4, -0.2) is 5.84 Å². The summed E-state index contributed by atoms with van der Waals surface area (Å²) in [6, 6.07) is 47.1. The van der Waals surface area contributed by atoms with Crippen molar-refractivity contribution in [2.24, 2.45) is 4.99 Å². The molecule has 5 nitrogen and oxygen atoms in total. The van der Waals surface area contributed by atoms with Crippen LogP contribution in [0.15, 0.2) is 153 Å². The zero-order chi connectivity index (χ0) is 33.5. The Balaban J connectivity index is 1.02. The lowest BCUT2D eigenvalue weighted by molar-refractivity contribution is 0.408. The van der Waals surface area contributed by atoms with Crippen molar-refractivity contribution in [3.8, 4) is 11.1 Å². The summed E-state index contributed by atoms with van der Waals surface area (Å²) in [5.74, 6) is 1.94. The highest BCUT2D eigenvalue weighted by Gasteiger charge is 2.29. The summed E-state index contributed by atoms with van der Waals surface area (Å²) in [5, 5.41) is 13.5. The maximum Gasteiger partial charge on any atom is 0.143 e. The van der Waals surface area contributed by atoms with Gasteiger partial charge < -0.3 is 14.2 Å². The highest BCUT2D eigenvalue weighted by atomic mass is 32.1. The first kappa shape index (κ1) is 28.8. The molecule has 6 heteroatoms. The smallest absolute Gasteiger partial charge is 0.143 e. The summed E-state index contributed by atoms with van der Waals surface area (Å²) in [7, 11) is 0. The van der Waals surface area contributed by atoms with Gasteiger partial charge in [0.1, 0.15) is 40.7 Å². The Morgan fingerprint density at radius 1 is 0.588 bits per heavy atom. The summed E-state index contributed by atoms with van der Waals surface area (Å²) in [4.78, 5) is 5.36. The molecule has 0 saturated carbocycles. The molecule has 3 aromatic heterocycles. The van der Waals surface area contributed by atoms with Crippen molar-refractivity contribution in [3.63, 3.8) is 0 Å². The number of furan rings is 2. The van der Waals surface area contributed by atoms with Crippen LogP contribution in [0, 0.1) is 0 Å². The number of amidine groups is 1. The Kier molecular flexibility index (Phi) is 6.38. The van der Waals surface area contributed by atoms with Crippen LogP contribution in [0.5, 0.6) is 0 Å². The molecule has 11 rings (SSSR count).